The van der Waals surface area contributed by atoms with Gasteiger partial charge in [0.05, 0.1) is 12.0 Å². The number of nitrogens with one attached hydrogen (secondary N) is 1. The van der Waals surface area contributed by atoms with Crippen molar-refractivity contribution in [2.45, 2.75) is 20.4 Å². The van der Waals surface area contributed by atoms with Crippen molar-refractivity contribution >= 4 is 0 Å². The van der Waals surface area contributed by atoms with Crippen LogP contribution < -0.4 is 14.8 Å². The Morgan fingerprint density at radius 1 is 1.33 bits per heavy atom. The van der Waals surface area contributed by atoms with E-state index in [4.69, 9.17) is 14.7 Å². The summed E-state index contributed by atoms with van der Waals surface area (Å²) >= 11 is 0. The third-order valence-corrected chi connectivity index (χ3v) is 3.10. The summed E-state index contributed by atoms with van der Waals surface area (Å²) in [6, 6.07) is 8.23. The van der Waals surface area contributed by atoms with Crippen molar-refractivity contribution in [1.29, 1.82) is 5.26 Å². The quantitative estimate of drug-likeness (QED) is 0.866. The Hall–Kier alpha value is -1.73. The normalized spacial score (nSPS) is 14.6. The van der Waals surface area contributed by atoms with Crippen molar-refractivity contribution in [3.8, 4) is 17.6 Å². The van der Waals surface area contributed by atoms with Gasteiger partial charge < -0.3 is 14.8 Å². The summed E-state index contributed by atoms with van der Waals surface area (Å²) in [6.45, 7) is 5.88. The lowest BCUT2D eigenvalue weighted by Gasteiger charge is -2.13. The Labute approximate surface area is 108 Å². The van der Waals surface area contributed by atoms with Gasteiger partial charge in [0.25, 0.3) is 0 Å². The highest BCUT2D eigenvalue weighted by Gasteiger charge is 2.14. The van der Waals surface area contributed by atoms with Crippen molar-refractivity contribution in [2.75, 3.05) is 13.3 Å². The number of hydrogen-bond acceptors (Lipinski definition) is 4. The van der Waals surface area contributed by atoms with E-state index in [9.17, 15) is 0 Å². The first kappa shape index (κ1) is 12.7. The van der Waals surface area contributed by atoms with E-state index in [0.29, 0.717) is 19.3 Å². The molecule has 1 aliphatic heterocycles. The molecule has 1 unspecified atom stereocenters. The minimum absolute atomic E-state index is 0.0546. The molecule has 1 N–H and O–H groups in total. The number of hydrogen-bond donors (Lipinski definition) is 1. The summed E-state index contributed by atoms with van der Waals surface area (Å²) in [5.41, 5.74) is 1.14. The molecule has 1 aromatic carbocycles. The molecule has 0 radical (unpaired) electrons. The van der Waals surface area contributed by atoms with Crippen LogP contribution in [0.3, 0.4) is 0 Å². The molecule has 2 rings (SSSR count). The third-order valence-electron chi connectivity index (χ3n) is 3.10. The van der Waals surface area contributed by atoms with Crippen LogP contribution in [0.25, 0.3) is 0 Å². The predicted molar refractivity (Wildman–Crippen MR) is 68.2 cm³/mol. The molecule has 0 aliphatic carbocycles. The van der Waals surface area contributed by atoms with Crippen LogP contribution in [0.2, 0.25) is 0 Å². The van der Waals surface area contributed by atoms with E-state index in [0.717, 1.165) is 23.6 Å². The zero-order valence-corrected chi connectivity index (χ0v) is 10.8. The van der Waals surface area contributed by atoms with Gasteiger partial charge in [-0.15, -0.1) is 0 Å². The van der Waals surface area contributed by atoms with Gasteiger partial charge >= 0.3 is 0 Å². The Kier molecular flexibility index (Phi) is 4.06. The van der Waals surface area contributed by atoms with Crippen LogP contribution in [0.4, 0.5) is 0 Å². The summed E-state index contributed by atoms with van der Waals surface area (Å²) in [4.78, 5) is 0. The molecule has 0 spiro atoms. The van der Waals surface area contributed by atoms with Crippen LogP contribution in [-0.2, 0) is 6.54 Å². The predicted octanol–water partition coefficient (Wildman–Crippen LogP) is 2.30. The Bertz CT molecular complexity index is 452. The highest BCUT2D eigenvalue weighted by molar-refractivity contribution is 5.44. The number of fused-ring (bicyclic) bond motifs is 1. The highest BCUT2D eigenvalue weighted by atomic mass is 16.7. The van der Waals surface area contributed by atoms with Crippen molar-refractivity contribution < 1.29 is 9.47 Å². The number of rotatable bonds is 5. The second-order valence-corrected chi connectivity index (χ2v) is 4.80. The van der Waals surface area contributed by atoms with Crippen molar-refractivity contribution in [1.82, 2.24) is 5.32 Å². The zero-order chi connectivity index (χ0) is 13.0. The standard InChI is InChI=1S/C14H18N2O2/c1-10(2)12(6-15)8-16-7-11-3-4-13-14(5-11)18-9-17-13/h3-5,10,12,16H,7-9H2,1-2H3. The van der Waals surface area contributed by atoms with Crippen LogP contribution in [0, 0.1) is 23.2 Å². The van der Waals surface area contributed by atoms with Gasteiger partial charge in [-0.05, 0) is 23.6 Å². The van der Waals surface area contributed by atoms with Gasteiger partial charge in [-0.25, -0.2) is 0 Å². The van der Waals surface area contributed by atoms with Gasteiger partial charge in [-0.3, -0.25) is 0 Å². The molecule has 0 aromatic heterocycles. The Balaban J connectivity index is 1.86. The summed E-state index contributed by atoms with van der Waals surface area (Å²) in [5, 5.41) is 12.3. The molecular formula is C14H18N2O2. The molecule has 4 heteroatoms. The van der Waals surface area contributed by atoms with E-state index in [1.54, 1.807) is 0 Å². The van der Waals surface area contributed by atoms with Gasteiger partial charge in [0.15, 0.2) is 11.5 Å². The van der Waals surface area contributed by atoms with E-state index in [1.807, 2.05) is 18.2 Å². The largest absolute Gasteiger partial charge is 0.454 e. The third kappa shape index (κ3) is 2.93. The van der Waals surface area contributed by atoms with E-state index in [-0.39, 0.29) is 5.92 Å². The van der Waals surface area contributed by atoms with Crippen LogP contribution in [0.1, 0.15) is 19.4 Å². The SMILES string of the molecule is CC(C)C(C#N)CNCc1ccc2c(c1)OCO2. The van der Waals surface area contributed by atoms with E-state index < -0.39 is 0 Å². The van der Waals surface area contributed by atoms with E-state index in [2.05, 4.69) is 25.2 Å². The summed E-state index contributed by atoms with van der Waals surface area (Å²) in [7, 11) is 0. The van der Waals surface area contributed by atoms with Crippen molar-refractivity contribution in [3.63, 3.8) is 0 Å². The van der Waals surface area contributed by atoms with Crippen molar-refractivity contribution in [2.24, 2.45) is 11.8 Å². The molecule has 96 valence electrons. The number of benzene rings is 1. The lowest BCUT2D eigenvalue weighted by Crippen LogP contribution is -2.24. The van der Waals surface area contributed by atoms with Crippen LogP contribution in [-0.4, -0.2) is 13.3 Å². The van der Waals surface area contributed by atoms with Crippen molar-refractivity contribution in [3.05, 3.63) is 23.8 Å². The van der Waals surface area contributed by atoms with E-state index >= 15 is 0 Å². The first-order valence-electron chi connectivity index (χ1n) is 6.19. The Morgan fingerprint density at radius 2 is 2.11 bits per heavy atom. The maximum absolute atomic E-state index is 8.99. The van der Waals surface area contributed by atoms with Gasteiger partial charge in [0.1, 0.15) is 0 Å². The average molecular weight is 246 g/mol. The second kappa shape index (κ2) is 5.74. The molecule has 1 aromatic rings. The van der Waals surface area contributed by atoms with Crippen LogP contribution in [0.15, 0.2) is 18.2 Å². The first-order valence-corrected chi connectivity index (χ1v) is 6.19. The fourth-order valence-electron chi connectivity index (χ4n) is 1.85. The summed E-state index contributed by atoms with van der Waals surface area (Å²) < 4.78 is 10.6. The molecule has 1 aliphatic rings. The molecule has 0 saturated carbocycles. The number of nitriles is 1. The maximum atomic E-state index is 8.99. The Morgan fingerprint density at radius 3 is 2.83 bits per heavy atom. The summed E-state index contributed by atoms with van der Waals surface area (Å²) in [6.07, 6.45) is 0. The minimum Gasteiger partial charge on any atom is -0.454 e. The monoisotopic (exact) mass is 246 g/mol. The molecule has 18 heavy (non-hydrogen) atoms. The fourth-order valence-corrected chi connectivity index (χ4v) is 1.85. The zero-order valence-electron chi connectivity index (χ0n) is 10.8. The molecule has 0 saturated heterocycles. The van der Waals surface area contributed by atoms with Gasteiger partial charge in [0.2, 0.25) is 6.79 Å². The molecule has 1 heterocycles. The topological polar surface area (TPSA) is 54.3 Å². The molecule has 4 nitrogen and oxygen atoms in total. The maximum Gasteiger partial charge on any atom is 0.231 e. The molecule has 0 fully saturated rings. The summed E-state index contributed by atoms with van der Waals surface area (Å²) in [5.74, 6) is 2.03. The smallest absolute Gasteiger partial charge is 0.231 e. The first-order chi connectivity index (χ1) is 8.70. The van der Waals surface area contributed by atoms with E-state index in [1.165, 1.54) is 0 Å². The number of ether oxygens (including phenoxy) is 2. The highest BCUT2D eigenvalue weighted by Crippen LogP contribution is 2.32. The molecule has 0 amide bonds. The lowest BCUT2D eigenvalue weighted by molar-refractivity contribution is 0.174. The van der Waals surface area contributed by atoms with Gasteiger partial charge in [-0.2, -0.15) is 5.26 Å². The number of nitrogens with zero attached hydrogens (tertiary/aromatic N) is 1. The molecular weight excluding hydrogens is 228 g/mol. The lowest BCUT2D eigenvalue weighted by atomic mass is 9.97. The molecule has 0 bridgehead atoms. The van der Waals surface area contributed by atoms with Gasteiger partial charge in [0, 0.05) is 13.1 Å². The van der Waals surface area contributed by atoms with Crippen LogP contribution in [0.5, 0.6) is 11.5 Å². The fraction of sp³-hybridized carbons (Fsp3) is 0.500. The second-order valence-electron chi connectivity index (χ2n) is 4.80. The van der Waals surface area contributed by atoms with Crippen LogP contribution >= 0.6 is 0 Å². The minimum atomic E-state index is 0.0546. The van der Waals surface area contributed by atoms with Gasteiger partial charge in [-0.1, -0.05) is 19.9 Å². The average Bonchev–Trinajstić information content (AvgIpc) is 2.81. The molecule has 1 atom stereocenters.